The highest BCUT2D eigenvalue weighted by atomic mass is 16.2. The summed E-state index contributed by atoms with van der Waals surface area (Å²) in [6.07, 6.45) is 6.51. The van der Waals surface area contributed by atoms with E-state index in [1.165, 1.54) is 6.08 Å². The Morgan fingerprint density at radius 1 is 1.16 bits per heavy atom. The van der Waals surface area contributed by atoms with Crippen LogP contribution in [0.15, 0.2) is 61.4 Å². The number of pyridine rings is 2. The minimum atomic E-state index is -0.241. The number of fused-ring (bicyclic) bond motifs is 1. The summed E-state index contributed by atoms with van der Waals surface area (Å²) in [5.74, 6) is 0.572. The van der Waals surface area contributed by atoms with Gasteiger partial charge < -0.3 is 16.0 Å². The molecule has 9 nitrogen and oxygen atoms in total. The highest BCUT2D eigenvalue weighted by Crippen LogP contribution is 2.37. The molecule has 0 spiro atoms. The van der Waals surface area contributed by atoms with Gasteiger partial charge in [-0.05, 0) is 68.2 Å². The highest BCUT2D eigenvalue weighted by Gasteiger charge is 2.28. The van der Waals surface area contributed by atoms with E-state index in [1.807, 2.05) is 41.6 Å². The minimum absolute atomic E-state index is 0.00173. The van der Waals surface area contributed by atoms with Gasteiger partial charge in [-0.1, -0.05) is 18.7 Å². The number of carbonyl (C=O) groups is 2. The van der Waals surface area contributed by atoms with E-state index in [9.17, 15) is 9.59 Å². The third kappa shape index (κ3) is 4.55. The number of nitrogens with one attached hydrogen (secondary N) is 1. The lowest BCUT2D eigenvalue weighted by Gasteiger charge is -2.32. The van der Waals surface area contributed by atoms with Crippen molar-refractivity contribution in [3.63, 3.8) is 0 Å². The second kappa shape index (κ2) is 9.85. The summed E-state index contributed by atoms with van der Waals surface area (Å²) in [6.45, 7) is 8.83. The molecule has 37 heavy (non-hydrogen) atoms. The Bertz CT molecular complexity index is 1510. The number of piperidine rings is 1. The Morgan fingerprint density at radius 2 is 2.00 bits per heavy atom. The zero-order valence-corrected chi connectivity index (χ0v) is 20.9. The van der Waals surface area contributed by atoms with E-state index in [-0.39, 0.29) is 17.9 Å². The van der Waals surface area contributed by atoms with Crippen LogP contribution in [-0.4, -0.2) is 49.6 Å². The van der Waals surface area contributed by atoms with Crippen molar-refractivity contribution in [1.29, 1.82) is 0 Å². The van der Waals surface area contributed by atoms with Crippen molar-refractivity contribution >= 4 is 34.4 Å². The molecule has 0 bridgehead atoms. The van der Waals surface area contributed by atoms with E-state index < -0.39 is 0 Å². The number of amides is 2. The lowest BCUT2D eigenvalue weighted by atomic mass is 9.99. The Hall–Kier alpha value is -4.53. The molecule has 1 aromatic carbocycles. The number of aromatic nitrogens is 4. The maximum absolute atomic E-state index is 12.8. The van der Waals surface area contributed by atoms with Gasteiger partial charge in [-0.3, -0.25) is 14.3 Å². The number of hydrogen-bond acceptors (Lipinski definition) is 6. The first-order chi connectivity index (χ1) is 17.9. The van der Waals surface area contributed by atoms with Crippen LogP contribution < -0.4 is 11.1 Å². The fraction of sp³-hybridized carbons (Fsp3) is 0.250. The molecule has 0 saturated carbocycles. The molecule has 0 aliphatic carbocycles. The SMILES string of the molecule is C=CC(=O)N1CCC[C@@H](n2nc(-c3ccc(C(=O)Nc4ccccn4)cc3C)c3c(N)ncc(C)c32)C1. The van der Waals surface area contributed by atoms with E-state index in [1.54, 1.807) is 30.6 Å². The molecule has 1 fully saturated rings. The van der Waals surface area contributed by atoms with E-state index in [4.69, 9.17) is 10.8 Å². The molecule has 1 aliphatic rings. The molecular formula is C28H29N7O2. The molecule has 9 heteroatoms. The largest absolute Gasteiger partial charge is 0.383 e. The van der Waals surface area contributed by atoms with Crippen molar-refractivity contribution in [3.05, 3.63) is 78.1 Å². The molecule has 2 amide bonds. The van der Waals surface area contributed by atoms with Gasteiger partial charge in [0.15, 0.2) is 0 Å². The fourth-order valence-electron chi connectivity index (χ4n) is 4.98. The molecule has 188 valence electrons. The van der Waals surface area contributed by atoms with Gasteiger partial charge >= 0.3 is 0 Å². The fourth-order valence-corrected chi connectivity index (χ4v) is 4.98. The van der Waals surface area contributed by atoms with Crippen LogP contribution in [-0.2, 0) is 4.79 Å². The molecule has 4 heterocycles. The molecule has 5 rings (SSSR count). The molecule has 1 saturated heterocycles. The summed E-state index contributed by atoms with van der Waals surface area (Å²) in [6, 6.07) is 10.9. The molecule has 0 unspecified atom stereocenters. The summed E-state index contributed by atoms with van der Waals surface area (Å²) in [5, 5.41) is 8.65. The Balaban J connectivity index is 1.55. The van der Waals surface area contributed by atoms with Crippen molar-refractivity contribution in [2.24, 2.45) is 0 Å². The average Bonchev–Trinajstić information content (AvgIpc) is 3.32. The van der Waals surface area contributed by atoms with Gasteiger partial charge in [0, 0.05) is 36.6 Å². The van der Waals surface area contributed by atoms with Crippen molar-refractivity contribution in [1.82, 2.24) is 24.6 Å². The van der Waals surface area contributed by atoms with Crippen LogP contribution in [0.2, 0.25) is 0 Å². The molecule has 1 atom stereocenters. The van der Waals surface area contributed by atoms with E-state index >= 15 is 0 Å². The topological polar surface area (TPSA) is 119 Å². The summed E-state index contributed by atoms with van der Waals surface area (Å²) >= 11 is 0. The third-order valence-electron chi connectivity index (χ3n) is 6.82. The lowest BCUT2D eigenvalue weighted by molar-refractivity contribution is -0.127. The zero-order valence-electron chi connectivity index (χ0n) is 20.9. The number of nitrogens with zero attached hydrogens (tertiary/aromatic N) is 5. The number of hydrogen-bond donors (Lipinski definition) is 2. The number of likely N-dealkylation sites (tertiary alicyclic amines) is 1. The van der Waals surface area contributed by atoms with Crippen molar-refractivity contribution in [2.45, 2.75) is 32.7 Å². The van der Waals surface area contributed by atoms with Gasteiger partial charge in [-0.25, -0.2) is 9.97 Å². The second-order valence-electron chi connectivity index (χ2n) is 9.33. The van der Waals surface area contributed by atoms with Crippen LogP contribution in [0.5, 0.6) is 0 Å². The van der Waals surface area contributed by atoms with Gasteiger partial charge in [-0.2, -0.15) is 5.10 Å². The third-order valence-corrected chi connectivity index (χ3v) is 6.82. The summed E-state index contributed by atoms with van der Waals surface area (Å²) in [4.78, 5) is 35.5. The first kappa shape index (κ1) is 24.2. The zero-order chi connectivity index (χ0) is 26.1. The van der Waals surface area contributed by atoms with Crippen LogP contribution in [0.1, 0.15) is 40.4 Å². The monoisotopic (exact) mass is 495 g/mol. The minimum Gasteiger partial charge on any atom is -0.383 e. The number of aryl methyl sites for hydroxylation is 2. The van der Waals surface area contributed by atoms with Gasteiger partial charge in [0.1, 0.15) is 17.3 Å². The normalized spacial score (nSPS) is 15.5. The van der Waals surface area contributed by atoms with Gasteiger partial charge in [-0.15, -0.1) is 0 Å². The predicted molar refractivity (Wildman–Crippen MR) is 144 cm³/mol. The molecule has 3 aromatic heterocycles. The van der Waals surface area contributed by atoms with Crippen LogP contribution >= 0.6 is 0 Å². The van der Waals surface area contributed by atoms with Gasteiger partial charge in [0.05, 0.1) is 16.9 Å². The quantitative estimate of drug-likeness (QED) is 0.399. The van der Waals surface area contributed by atoms with E-state index in [0.29, 0.717) is 36.0 Å². The van der Waals surface area contributed by atoms with Crippen LogP contribution in [0.25, 0.3) is 22.2 Å². The molecule has 0 radical (unpaired) electrons. The predicted octanol–water partition coefficient (Wildman–Crippen LogP) is 4.29. The van der Waals surface area contributed by atoms with E-state index in [2.05, 4.69) is 21.9 Å². The average molecular weight is 496 g/mol. The Morgan fingerprint density at radius 3 is 2.73 bits per heavy atom. The molecule has 4 aromatic rings. The van der Waals surface area contributed by atoms with Gasteiger partial charge in [0.25, 0.3) is 5.91 Å². The number of anilines is 2. The smallest absolute Gasteiger partial charge is 0.256 e. The number of rotatable bonds is 5. The highest BCUT2D eigenvalue weighted by molar-refractivity contribution is 6.05. The number of carbonyl (C=O) groups excluding carboxylic acids is 2. The lowest BCUT2D eigenvalue weighted by Crippen LogP contribution is -2.40. The van der Waals surface area contributed by atoms with Crippen LogP contribution in [0.3, 0.4) is 0 Å². The maximum Gasteiger partial charge on any atom is 0.256 e. The van der Waals surface area contributed by atoms with Crippen LogP contribution in [0, 0.1) is 13.8 Å². The van der Waals surface area contributed by atoms with E-state index in [0.717, 1.165) is 40.4 Å². The first-order valence-corrected chi connectivity index (χ1v) is 12.3. The van der Waals surface area contributed by atoms with Crippen LogP contribution in [0.4, 0.5) is 11.6 Å². The molecule has 1 aliphatic heterocycles. The van der Waals surface area contributed by atoms with Crippen molar-refractivity contribution in [2.75, 3.05) is 24.1 Å². The number of nitrogen functional groups attached to an aromatic ring is 1. The number of benzene rings is 1. The summed E-state index contributed by atoms with van der Waals surface area (Å²) in [5.41, 5.74) is 11.3. The maximum atomic E-state index is 12.8. The Labute approximate surface area is 215 Å². The first-order valence-electron chi connectivity index (χ1n) is 12.3. The Kier molecular flexibility index (Phi) is 6.43. The molecule has 3 N–H and O–H groups in total. The molecular weight excluding hydrogens is 466 g/mol. The van der Waals surface area contributed by atoms with Crippen molar-refractivity contribution in [3.8, 4) is 11.3 Å². The standard InChI is InChI=1S/C28H29N7O2/c1-4-23(36)34-13-7-8-20(16-34)35-26-18(3)15-31-27(29)24(26)25(33-35)21-11-10-19(14-17(21)2)28(37)32-22-9-5-6-12-30-22/h4-6,9-12,14-15,20H,1,7-8,13,16H2,2-3H3,(H2,29,31)(H,30,32,37)/t20-/m1/s1. The summed E-state index contributed by atoms with van der Waals surface area (Å²) < 4.78 is 2.00. The number of nitrogens with two attached hydrogens (primary N) is 1. The van der Waals surface area contributed by atoms with Crippen molar-refractivity contribution < 1.29 is 9.59 Å². The second-order valence-corrected chi connectivity index (χ2v) is 9.33. The van der Waals surface area contributed by atoms with Gasteiger partial charge in [0.2, 0.25) is 5.91 Å². The summed E-state index contributed by atoms with van der Waals surface area (Å²) in [7, 11) is 0.